The highest BCUT2D eigenvalue weighted by Crippen LogP contribution is 2.18. The summed E-state index contributed by atoms with van der Waals surface area (Å²) in [7, 11) is 0. The molecule has 0 bridgehead atoms. The fourth-order valence-corrected chi connectivity index (χ4v) is 3.19. The van der Waals surface area contributed by atoms with E-state index in [9.17, 15) is 19.2 Å². The minimum absolute atomic E-state index is 0.0772. The molecule has 8 heteroatoms. The number of esters is 1. The van der Waals surface area contributed by atoms with Gasteiger partial charge in [0.2, 0.25) is 5.91 Å². The van der Waals surface area contributed by atoms with Gasteiger partial charge < -0.3 is 15.4 Å². The number of urea groups is 1. The molecule has 0 aromatic heterocycles. The maximum atomic E-state index is 12.1. The van der Waals surface area contributed by atoms with Gasteiger partial charge >= 0.3 is 12.0 Å². The predicted molar refractivity (Wildman–Crippen MR) is 102 cm³/mol. The van der Waals surface area contributed by atoms with Crippen LogP contribution in [0.5, 0.6) is 0 Å². The van der Waals surface area contributed by atoms with Crippen LogP contribution >= 0.6 is 0 Å². The second-order valence-electron chi connectivity index (χ2n) is 6.89. The van der Waals surface area contributed by atoms with Crippen molar-refractivity contribution >= 4 is 23.8 Å². The number of carbonyl (C=O) groups is 4. The molecule has 152 valence electrons. The van der Waals surface area contributed by atoms with Crippen LogP contribution in [0, 0.1) is 0 Å². The number of rotatable bonds is 7. The van der Waals surface area contributed by atoms with E-state index in [1.807, 2.05) is 6.07 Å². The normalized spacial score (nSPS) is 15.2. The van der Waals surface area contributed by atoms with Gasteiger partial charge in [-0.2, -0.15) is 0 Å². The summed E-state index contributed by atoms with van der Waals surface area (Å²) in [5.41, 5.74) is 0.756. The smallest absolute Gasteiger partial charge is 0.321 e. The van der Waals surface area contributed by atoms with Gasteiger partial charge in [-0.15, -0.1) is 0 Å². The van der Waals surface area contributed by atoms with Gasteiger partial charge in [0.1, 0.15) is 0 Å². The summed E-state index contributed by atoms with van der Waals surface area (Å²) in [6.07, 6.45) is 4.98. The Bertz CT molecular complexity index is 686. The molecular formula is C20H27N3O5. The van der Waals surface area contributed by atoms with Gasteiger partial charge in [0.15, 0.2) is 6.61 Å². The highest BCUT2D eigenvalue weighted by Gasteiger charge is 2.20. The molecule has 3 N–H and O–H groups in total. The minimum Gasteiger partial charge on any atom is -0.455 e. The summed E-state index contributed by atoms with van der Waals surface area (Å²) in [5, 5.41) is 7.61. The summed E-state index contributed by atoms with van der Waals surface area (Å²) in [6.45, 7) is 0.804. The molecule has 0 aliphatic heterocycles. The number of benzene rings is 1. The minimum atomic E-state index is -0.697. The molecule has 2 rings (SSSR count). The first-order chi connectivity index (χ1) is 13.4. The predicted octanol–water partition coefficient (Wildman–Crippen LogP) is 1.96. The maximum absolute atomic E-state index is 12.1. The summed E-state index contributed by atoms with van der Waals surface area (Å²) in [6, 6.07) is 7.95. The van der Waals surface area contributed by atoms with Gasteiger partial charge in [-0.05, 0) is 18.4 Å². The lowest BCUT2D eigenvalue weighted by molar-refractivity contribution is -0.148. The van der Waals surface area contributed by atoms with Gasteiger partial charge in [-0.1, -0.05) is 49.6 Å². The average molecular weight is 389 g/mol. The van der Waals surface area contributed by atoms with Crippen LogP contribution in [0.3, 0.4) is 0 Å². The van der Waals surface area contributed by atoms with Crippen molar-refractivity contribution in [2.75, 3.05) is 6.61 Å². The molecule has 1 atom stereocenters. The number of carbonyl (C=O) groups excluding carboxylic acids is 4. The molecule has 1 aliphatic rings. The second-order valence-corrected chi connectivity index (χ2v) is 6.89. The largest absolute Gasteiger partial charge is 0.455 e. The third-order valence-corrected chi connectivity index (χ3v) is 4.51. The SMILES string of the molecule is CC(=O)N[C@@H](CC(=O)OCC(=O)NC(=O)NC1CCCCC1)c1ccccc1. The molecule has 0 saturated heterocycles. The highest BCUT2D eigenvalue weighted by atomic mass is 16.5. The van der Waals surface area contributed by atoms with Crippen molar-refractivity contribution in [3.8, 4) is 0 Å². The van der Waals surface area contributed by atoms with Crippen LogP contribution in [0.25, 0.3) is 0 Å². The standard InChI is InChI=1S/C20H27N3O5/c1-14(24)21-17(15-8-4-2-5-9-15)12-19(26)28-13-18(25)23-20(27)22-16-10-6-3-7-11-16/h2,4-5,8-9,16-17H,3,6-7,10-13H2,1H3,(H,21,24)(H2,22,23,25,27)/t17-/m0/s1. The van der Waals surface area contributed by atoms with Crippen molar-refractivity contribution in [2.45, 2.75) is 57.5 Å². The molecular weight excluding hydrogens is 362 g/mol. The number of hydrogen-bond donors (Lipinski definition) is 3. The molecule has 0 spiro atoms. The average Bonchev–Trinajstić information content (AvgIpc) is 2.67. The van der Waals surface area contributed by atoms with Gasteiger partial charge in [0, 0.05) is 13.0 Å². The van der Waals surface area contributed by atoms with E-state index in [0.29, 0.717) is 0 Å². The lowest BCUT2D eigenvalue weighted by atomic mass is 9.96. The van der Waals surface area contributed by atoms with Crippen LogP contribution < -0.4 is 16.0 Å². The zero-order chi connectivity index (χ0) is 20.4. The van der Waals surface area contributed by atoms with E-state index in [2.05, 4.69) is 16.0 Å². The molecule has 1 fully saturated rings. The molecule has 1 saturated carbocycles. The quantitative estimate of drug-likeness (QED) is 0.617. The van der Waals surface area contributed by atoms with Crippen LogP contribution in [-0.4, -0.2) is 36.5 Å². The number of amides is 4. The van der Waals surface area contributed by atoms with E-state index in [1.165, 1.54) is 6.92 Å². The summed E-state index contributed by atoms with van der Waals surface area (Å²) < 4.78 is 4.95. The third-order valence-electron chi connectivity index (χ3n) is 4.51. The van der Waals surface area contributed by atoms with Crippen LogP contribution in [0.4, 0.5) is 4.79 Å². The van der Waals surface area contributed by atoms with E-state index in [0.717, 1.165) is 37.7 Å². The molecule has 28 heavy (non-hydrogen) atoms. The summed E-state index contributed by atoms with van der Waals surface area (Å²) in [5.74, 6) is -1.62. The zero-order valence-corrected chi connectivity index (χ0v) is 16.0. The Labute approximate surface area is 164 Å². The molecule has 0 heterocycles. The van der Waals surface area contributed by atoms with Crippen molar-refractivity contribution in [3.05, 3.63) is 35.9 Å². The fourth-order valence-electron chi connectivity index (χ4n) is 3.19. The number of nitrogens with one attached hydrogen (secondary N) is 3. The van der Waals surface area contributed by atoms with Crippen LogP contribution in [0.15, 0.2) is 30.3 Å². The van der Waals surface area contributed by atoms with E-state index >= 15 is 0 Å². The first kappa shape index (κ1) is 21.4. The van der Waals surface area contributed by atoms with Gasteiger partial charge in [-0.25, -0.2) is 4.79 Å². The van der Waals surface area contributed by atoms with Crippen molar-refractivity contribution in [2.24, 2.45) is 0 Å². The Balaban J connectivity index is 1.75. The highest BCUT2D eigenvalue weighted by molar-refractivity contribution is 5.95. The van der Waals surface area contributed by atoms with E-state index in [1.54, 1.807) is 24.3 Å². The zero-order valence-electron chi connectivity index (χ0n) is 16.0. The molecule has 8 nitrogen and oxygen atoms in total. The van der Waals surface area contributed by atoms with Crippen molar-refractivity contribution in [1.29, 1.82) is 0 Å². The first-order valence-electron chi connectivity index (χ1n) is 9.52. The van der Waals surface area contributed by atoms with E-state index < -0.39 is 30.6 Å². The van der Waals surface area contributed by atoms with Gasteiger partial charge in [0.05, 0.1) is 12.5 Å². The van der Waals surface area contributed by atoms with Crippen molar-refractivity contribution in [3.63, 3.8) is 0 Å². The van der Waals surface area contributed by atoms with Crippen molar-refractivity contribution in [1.82, 2.24) is 16.0 Å². The molecule has 4 amide bonds. The monoisotopic (exact) mass is 389 g/mol. The molecule has 1 aliphatic carbocycles. The Kier molecular flexibility index (Phi) is 8.45. The van der Waals surface area contributed by atoms with Crippen LogP contribution in [0.1, 0.15) is 57.1 Å². The molecule has 0 radical (unpaired) electrons. The third kappa shape index (κ3) is 7.77. The molecule has 1 aromatic carbocycles. The summed E-state index contributed by atoms with van der Waals surface area (Å²) >= 11 is 0. The lowest BCUT2D eigenvalue weighted by Crippen LogP contribution is -2.46. The van der Waals surface area contributed by atoms with E-state index in [4.69, 9.17) is 4.74 Å². The number of ether oxygens (including phenoxy) is 1. The Morgan fingerprint density at radius 3 is 2.39 bits per heavy atom. The fraction of sp³-hybridized carbons (Fsp3) is 0.500. The first-order valence-corrected chi connectivity index (χ1v) is 9.52. The van der Waals surface area contributed by atoms with E-state index in [-0.39, 0.29) is 18.4 Å². The topological polar surface area (TPSA) is 114 Å². The van der Waals surface area contributed by atoms with Gasteiger partial charge in [0.25, 0.3) is 5.91 Å². The maximum Gasteiger partial charge on any atom is 0.321 e. The molecule has 1 aromatic rings. The summed E-state index contributed by atoms with van der Waals surface area (Å²) in [4.78, 5) is 47.1. The number of imide groups is 1. The van der Waals surface area contributed by atoms with Crippen LogP contribution in [0.2, 0.25) is 0 Å². The van der Waals surface area contributed by atoms with Crippen molar-refractivity contribution < 1.29 is 23.9 Å². The Morgan fingerprint density at radius 1 is 1.07 bits per heavy atom. The molecule has 0 unspecified atom stereocenters. The lowest BCUT2D eigenvalue weighted by Gasteiger charge is -2.22. The van der Waals surface area contributed by atoms with Gasteiger partial charge in [-0.3, -0.25) is 19.7 Å². The second kappa shape index (κ2) is 11.1. The Morgan fingerprint density at radius 2 is 1.75 bits per heavy atom. The Hall–Kier alpha value is -2.90. The number of hydrogen-bond acceptors (Lipinski definition) is 5. The van der Waals surface area contributed by atoms with Crippen LogP contribution in [-0.2, 0) is 19.1 Å².